The minimum absolute atomic E-state index is 0.0442. The predicted octanol–water partition coefficient (Wildman–Crippen LogP) is 14.6. The highest BCUT2D eigenvalue weighted by atomic mass is 16.7. The molecule has 0 aliphatic carbocycles. The minimum atomic E-state index is -1.91. The van der Waals surface area contributed by atoms with Crippen molar-refractivity contribution in [2.24, 2.45) is 0 Å². The highest BCUT2D eigenvalue weighted by molar-refractivity contribution is 5.74. The highest BCUT2D eigenvalue weighted by Gasteiger charge is 2.50. The molecule has 6 unspecified atom stereocenters. The van der Waals surface area contributed by atoms with Gasteiger partial charge in [-0.1, -0.05) is 209 Å². The first-order valence-corrected chi connectivity index (χ1v) is 28.9. The molecular weight excluding hydrogens is 925 g/mol. The molecule has 12 nitrogen and oxygen atoms in total. The van der Waals surface area contributed by atoms with Crippen molar-refractivity contribution in [3.05, 3.63) is 72.9 Å². The predicted molar refractivity (Wildman–Crippen MR) is 294 cm³/mol. The monoisotopic (exact) mass is 1030 g/mol. The Bertz CT molecular complexity index is 1550. The van der Waals surface area contributed by atoms with E-state index in [0.29, 0.717) is 25.7 Å². The molecule has 73 heavy (non-hydrogen) atoms. The Morgan fingerprint density at radius 3 is 1.38 bits per heavy atom. The average Bonchev–Trinajstić information content (AvgIpc) is 3.37. The fourth-order valence-electron chi connectivity index (χ4n) is 8.34. The van der Waals surface area contributed by atoms with Gasteiger partial charge in [0, 0.05) is 19.3 Å². The molecule has 0 spiro atoms. The maximum Gasteiger partial charge on any atom is 0.335 e. The SMILES string of the molecule is CC/C=C\C/C=C\C/C=C\C/C=C\C/C=C\CCCC(=O)OCC(COC1OC(C(=O)O)C(O)C(O)C1OC(=O)CCCCCCC/C=C\CCCCCC)OC(=O)CCCCCCCCCCCCCCC. The summed E-state index contributed by atoms with van der Waals surface area (Å²) in [7, 11) is 0. The summed E-state index contributed by atoms with van der Waals surface area (Å²) in [4.78, 5) is 51.0. The quantitative estimate of drug-likeness (QED) is 0.0228. The topological polar surface area (TPSA) is 175 Å². The van der Waals surface area contributed by atoms with Crippen molar-refractivity contribution < 1.29 is 58.2 Å². The van der Waals surface area contributed by atoms with Crippen LogP contribution in [0.3, 0.4) is 0 Å². The average molecular weight is 1030 g/mol. The van der Waals surface area contributed by atoms with E-state index in [1.54, 1.807) is 0 Å². The van der Waals surface area contributed by atoms with Gasteiger partial charge in [0.05, 0.1) is 6.61 Å². The lowest BCUT2D eigenvalue weighted by atomic mass is 9.98. The van der Waals surface area contributed by atoms with Crippen molar-refractivity contribution in [1.82, 2.24) is 0 Å². The Balaban J connectivity index is 2.74. The second-order valence-electron chi connectivity index (χ2n) is 19.5. The number of allylic oxidation sites excluding steroid dienone is 12. The summed E-state index contributed by atoms with van der Waals surface area (Å²) in [6, 6.07) is 0. The van der Waals surface area contributed by atoms with Crippen LogP contribution in [0.5, 0.6) is 0 Å². The van der Waals surface area contributed by atoms with Gasteiger partial charge in [0.15, 0.2) is 24.6 Å². The van der Waals surface area contributed by atoms with Gasteiger partial charge in [-0.05, 0) is 83.5 Å². The van der Waals surface area contributed by atoms with E-state index in [9.17, 15) is 34.5 Å². The summed E-state index contributed by atoms with van der Waals surface area (Å²) in [6.45, 7) is 5.80. The number of carbonyl (C=O) groups excluding carboxylic acids is 3. The number of hydrogen-bond acceptors (Lipinski definition) is 11. The van der Waals surface area contributed by atoms with Crippen LogP contribution in [0.2, 0.25) is 0 Å². The molecule has 3 N–H and O–H groups in total. The smallest absolute Gasteiger partial charge is 0.335 e. The lowest BCUT2D eigenvalue weighted by Crippen LogP contribution is -2.61. The van der Waals surface area contributed by atoms with E-state index in [-0.39, 0.29) is 25.9 Å². The lowest BCUT2D eigenvalue weighted by Gasteiger charge is -2.40. The Labute approximate surface area is 442 Å². The number of rotatable bonds is 48. The van der Waals surface area contributed by atoms with Crippen molar-refractivity contribution in [1.29, 1.82) is 0 Å². The van der Waals surface area contributed by atoms with Crippen LogP contribution in [-0.4, -0.2) is 89.2 Å². The third-order valence-corrected chi connectivity index (χ3v) is 12.8. The minimum Gasteiger partial charge on any atom is -0.479 e. The van der Waals surface area contributed by atoms with Crippen LogP contribution < -0.4 is 0 Å². The van der Waals surface area contributed by atoms with Crippen molar-refractivity contribution in [3.8, 4) is 0 Å². The van der Waals surface area contributed by atoms with E-state index in [4.69, 9.17) is 23.7 Å². The summed E-state index contributed by atoms with van der Waals surface area (Å²) in [6.07, 6.45) is 48.8. The van der Waals surface area contributed by atoms with E-state index in [1.807, 2.05) is 6.08 Å². The van der Waals surface area contributed by atoms with Crippen molar-refractivity contribution in [2.45, 2.75) is 276 Å². The number of esters is 3. The number of unbranched alkanes of at least 4 members (excludes halogenated alkanes) is 22. The molecule has 0 saturated carbocycles. The fourth-order valence-corrected chi connectivity index (χ4v) is 8.34. The molecule has 0 aromatic carbocycles. The molecule has 1 heterocycles. The maximum absolute atomic E-state index is 13.1. The van der Waals surface area contributed by atoms with Gasteiger partial charge in [-0.3, -0.25) is 14.4 Å². The molecule has 6 atom stereocenters. The van der Waals surface area contributed by atoms with Crippen LogP contribution in [0.1, 0.15) is 239 Å². The maximum atomic E-state index is 13.1. The zero-order valence-corrected chi connectivity index (χ0v) is 45.9. The zero-order valence-electron chi connectivity index (χ0n) is 45.9. The largest absolute Gasteiger partial charge is 0.479 e. The van der Waals surface area contributed by atoms with Crippen LogP contribution >= 0.6 is 0 Å². The van der Waals surface area contributed by atoms with Gasteiger partial charge >= 0.3 is 23.9 Å². The summed E-state index contributed by atoms with van der Waals surface area (Å²) in [5, 5.41) is 31.4. The number of aliphatic hydroxyl groups is 2. The van der Waals surface area contributed by atoms with E-state index < -0.39 is 67.3 Å². The molecule has 418 valence electrons. The molecular formula is C61H102O12. The van der Waals surface area contributed by atoms with Gasteiger partial charge in [0.1, 0.15) is 18.8 Å². The fraction of sp³-hybridized carbons (Fsp3) is 0.738. The zero-order chi connectivity index (χ0) is 53.3. The summed E-state index contributed by atoms with van der Waals surface area (Å²) in [5.41, 5.74) is 0. The first kappa shape index (κ1) is 67.2. The number of carboxylic acid groups (broad SMARTS) is 1. The molecule has 1 aliphatic rings. The standard InChI is InChI=1S/C61H102O12/c1-4-7-10-13-16-19-22-25-26-27-28-31-32-35-38-41-44-47-53(62)69-50-52(71-54(63)48-45-42-39-36-33-29-23-20-17-14-11-8-5-2)51-70-61-59(57(66)56(65)58(73-61)60(67)68)72-55(64)49-46-43-40-37-34-30-24-21-18-15-12-9-6-3/h7,10,16,19,21,24-26,28,31,35,38,52,56-59,61,65-66H,4-6,8-9,11-15,17-18,20,22-23,27,29-30,32-34,36-37,39-51H2,1-3H3,(H,67,68)/b10-7-,19-16-,24-21-,26-25-,31-28-,38-35-. The van der Waals surface area contributed by atoms with E-state index >= 15 is 0 Å². The summed E-state index contributed by atoms with van der Waals surface area (Å²) >= 11 is 0. The number of carboxylic acids is 1. The number of ether oxygens (including phenoxy) is 5. The molecule has 1 saturated heterocycles. The molecule has 0 bridgehead atoms. The van der Waals surface area contributed by atoms with Crippen molar-refractivity contribution >= 4 is 23.9 Å². The van der Waals surface area contributed by atoms with Crippen LogP contribution in [0.4, 0.5) is 0 Å². The molecule has 1 aliphatic heterocycles. The van der Waals surface area contributed by atoms with Crippen LogP contribution in [0.25, 0.3) is 0 Å². The molecule has 12 heteroatoms. The number of aliphatic carboxylic acids is 1. The Hall–Kier alpha value is -3.84. The van der Waals surface area contributed by atoms with Gasteiger partial charge in [-0.15, -0.1) is 0 Å². The van der Waals surface area contributed by atoms with E-state index in [2.05, 4.69) is 87.6 Å². The second-order valence-corrected chi connectivity index (χ2v) is 19.5. The van der Waals surface area contributed by atoms with Crippen molar-refractivity contribution in [3.63, 3.8) is 0 Å². The van der Waals surface area contributed by atoms with Crippen LogP contribution in [0.15, 0.2) is 72.9 Å². The molecule has 0 radical (unpaired) electrons. The number of hydrogen-bond donors (Lipinski definition) is 3. The van der Waals surface area contributed by atoms with E-state index in [0.717, 1.165) is 89.9 Å². The lowest BCUT2D eigenvalue weighted by molar-refractivity contribution is -0.301. The van der Waals surface area contributed by atoms with Crippen LogP contribution in [0, 0.1) is 0 Å². The van der Waals surface area contributed by atoms with Crippen molar-refractivity contribution in [2.75, 3.05) is 13.2 Å². The Kier molecular flexibility index (Phi) is 45.1. The van der Waals surface area contributed by atoms with E-state index in [1.165, 1.54) is 83.5 Å². The van der Waals surface area contributed by atoms with Gasteiger partial charge in [-0.25, -0.2) is 4.79 Å². The molecule has 0 aromatic rings. The Morgan fingerprint density at radius 1 is 0.466 bits per heavy atom. The second kappa shape index (κ2) is 49.1. The number of carbonyl (C=O) groups is 4. The molecule has 1 fully saturated rings. The van der Waals surface area contributed by atoms with Crippen LogP contribution in [-0.2, 0) is 42.9 Å². The van der Waals surface area contributed by atoms with Gasteiger partial charge < -0.3 is 39.0 Å². The number of aliphatic hydroxyl groups excluding tert-OH is 2. The summed E-state index contributed by atoms with van der Waals surface area (Å²) < 4.78 is 28.3. The van der Waals surface area contributed by atoms with Gasteiger partial charge in [0.2, 0.25) is 0 Å². The Morgan fingerprint density at radius 2 is 0.877 bits per heavy atom. The third-order valence-electron chi connectivity index (χ3n) is 12.8. The first-order chi connectivity index (χ1) is 35.6. The highest BCUT2D eigenvalue weighted by Crippen LogP contribution is 2.26. The third kappa shape index (κ3) is 39.3. The first-order valence-electron chi connectivity index (χ1n) is 28.9. The molecule has 0 amide bonds. The van der Waals surface area contributed by atoms with Gasteiger partial charge in [-0.2, -0.15) is 0 Å². The molecule has 0 aromatic heterocycles. The molecule has 1 rings (SSSR count). The van der Waals surface area contributed by atoms with Gasteiger partial charge in [0.25, 0.3) is 0 Å². The summed E-state index contributed by atoms with van der Waals surface area (Å²) in [5.74, 6) is -3.20. The normalized spacial score (nSPS) is 18.8.